The summed E-state index contributed by atoms with van der Waals surface area (Å²) >= 11 is 1.64. The molecule has 0 amide bonds. The number of benzene rings is 1. The second-order valence-electron chi connectivity index (χ2n) is 4.58. The van der Waals surface area contributed by atoms with E-state index in [0.717, 1.165) is 0 Å². The van der Waals surface area contributed by atoms with E-state index in [4.69, 9.17) is 4.74 Å². The van der Waals surface area contributed by atoms with Crippen LogP contribution in [0.4, 0.5) is 4.39 Å². The maximum atomic E-state index is 13.3. The summed E-state index contributed by atoms with van der Waals surface area (Å²) in [5.41, 5.74) is 1.19. The Morgan fingerprint density at radius 1 is 1.35 bits per heavy atom. The molecule has 20 heavy (non-hydrogen) atoms. The smallest absolute Gasteiger partial charge is 0.165 e. The summed E-state index contributed by atoms with van der Waals surface area (Å²) in [5.74, 6) is -0.253. The molecule has 0 aliphatic carbocycles. The Morgan fingerprint density at radius 2 is 2.15 bits per heavy atom. The van der Waals surface area contributed by atoms with Crippen molar-refractivity contribution in [2.45, 2.75) is 19.1 Å². The molecule has 1 heterocycles. The van der Waals surface area contributed by atoms with Crippen LogP contribution >= 0.6 is 11.3 Å². The number of ether oxygens (including phenoxy) is 1. The van der Waals surface area contributed by atoms with Crippen molar-refractivity contribution in [2.24, 2.45) is 0 Å². The highest BCUT2D eigenvalue weighted by atomic mass is 32.1. The predicted octanol–water partition coefficient (Wildman–Crippen LogP) is 2.98. The monoisotopic (exact) mass is 295 g/mol. The minimum absolute atomic E-state index is 0.0598. The van der Waals surface area contributed by atoms with Crippen molar-refractivity contribution in [3.8, 4) is 5.75 Å². The summed E-state index contributed by atoms with van der Waals surface area (Å²) in [5, 5.41) is 17.1. The third kappa shape index (κ3) is 4.30. The number of nitrogens with one attached hydrogen (secondary N) is 1. The van der Waals surface area contributed by atoms with Gasteiger partial charge in [-0.2, -0.15) is 11.3 Å². The van der Waals surface area contributed by atoms with Crippen LogP contribution in [0.25, 0.3) is 0 Å². The maximum absolute atomic E-state index is 13.3. The van der Waals surface area contributed by atoms with Crippen molar-refractivity contribution >= 4 is 11.3 Å². The highest BCUT2D eigenvalue weighted by molar-refractivity contribution is 7.07. The van der Waals surface area contributed by atoms with Crippen LogP contribution in [0.3, 0.4) is 0 Å². The number of para-hydroxylation sites is 1. The molecule has 2 unspecified atom stereocenters. The van der Waals surface area contributed by atoms with E-state index in [1.165, 1.54) is 11.6 Å². The van der Waals surface area contributed by atoms with Gasteiger partial charge in [0.25, 0.3) is 0 Å². The van der Waals surface area contributed by atoms with Gasteiger partial charge < -0.3 is 15.2 Å². The van der Waals surface area contributed by atoms with E-state index >= 15 is 0 Å². The summed E-state index contributed by atoms with van der Waals surface area (Å²) in [6, 6.07) is 8.39. The van der Waals surface area contributed by atoms with Crippen LogP contribution in [0.5, 0.6) is 5.75 Å². The second kappa shape index (κ2) is 7.38. The van der Waals surface area contributed by atoms with E-state index in [1.807, 2.05) is 18.4 Å². The number of aliphatic hydroxyl groups excluding tert-OH is 1. The van der Waals surface area contributed by atoms with Crippen molar-refractivity contribution in [2.75, 3.05) is 13.2 Å². The Balaban J connectivity index is 1.73. The highest BCUT2D eigenvalue weighted by Crippen LogP contribution is 2.16. The first-order valence-electron chi connectivity index (χ1n) is 6.47. The maximum Gasteiger partial charge on any atom is 0.165 e. The summed E-state index contributed by atoms with van der Waals surface area (Å²) < 4.78 is 18.6. The molecule has 3 nitrogen and oxygen atoms in total. The number of hydrogen-bond donors (Lipinski definition) is 2. The largest absolute Gasteiger partial charge is 0.488 e. The van der Waals surface area contributed by atoms with Gasteiger partial charge >= 0.3 is 0 Å². The molecule has 108 valence electrons. The number of thiophene rings is 1. The van der Waals surface area contributed by atoms with Gasteiger partial charge in [-0.25, -0.2) is 4.39 Å². The zero-order valence-electron chi connectivity index (χ0n) is 11.3. The fraction of sp³-hybridized carbons (Fsp3) is 0.333. The Hall–Kier alpha value is -1.43. The SMILES string of the molecule is CC(NCC(O)COc1ccccc1F)c1ccsc1. The molecule has 0 fully saturated rings. The van der Waals surface area contributed by atoms with Crippen molar-refractivity contribution in [3.05, 3.63) is 52.5 Å². The van der Waals surface area contributed by atoms with E-state index in [2.05, 4.69) is 10.7 Å². The molecule has 1 aromatic carbocycles. The normalized spacial score (nSPS) is 13.9. The number of hydrogen-bond acceptors (Lipinski definition) is 4. The van der Waals surface area contributed by atoms with Gasteiger partial charge in [-0.1, -0.05) is 12.1 Å². The molecule has 5 heteroatoms. The fourth-order valence-electron chi connectivity index (χ4n) is 1.76. The third-order valence-corrected chi connectivity index (χ3v) is 3.67. The van der Waals surface area contributed by atoms with Gasteiger partial charge in [-0.05, 0) is 41.4 Å². The lowest BCUT2D eigenvalue weighted by Crippen LogP contribution is -2.33. The molecular formula is C15H18FNO2S. The first kappa shape index (κ1) is 15.0. The molecule has 0 bridgehead atoms. The lowest BCUT2D eigenvalue weighted by atomic mass is 10.2. The van der Waals surface area contributed by atoms with Crippen molar-refractivity contribution in [3.63, 3.8) is 0 Å². The van der Waals surface area contributed by atoms with Crippen LogP contribution in [-0.2, 0) is 0 Å². The molecule has 1 aromatic heterocycles. The number of halogens is 1. The summed E-state index contributed by atoms with van der Waals surface area (Å²) in [7, 11) is 0. The second-order valence-corrected chi connectivity index (χ2v) is 5.36. The average molecular weight is 295 g/mol. The molecule has 2 N–H and O–H groups in total. The molecule has 2 rings (SSSR count). The van der Waals surface area contributed by atoms with E-state index in [1.54, 1.807) is 29.5 Å². The zero-order valence-corrected chi connectivity index (χ0v) is 12.1. The van der Waals surface area contributed by atoms with Crippen LogP contribution in [0, 0.1) is 5.82 Å². The Bertz CT molecular complexity index is 518. The Morgan fingerprint density at radius 3 is 2.85 bits per heavy atom. The molecule has 2 aromatic rings. The van der Waals surface area contributed by atoms with Crippen molar-refractivity contribution < 1.29 is 14.2 Å². The standard InChI is InChI=1S/C15H18FNO2S/c1-11(12-6-7-20-10-12)17-8-13(18)9-19-15-5-3-2-4-14(15)16/h2-7,10-11,13,17-18H,8-9H2,1H3. The third-order valence-electron chi connectivity index (χ3n) is 2.97. The number of rotatable bonds is 7. The van der Waals surface area contributed by atoms with Gasteiger partial charge in [0.1, 0.15) is 12.7 Å². The van der Waals surface area contributed by atoms with E-state index in [9.17, 15) is 9.50 Å². The van der Waals surface area contributed by atoms with E-state index in [-0.39, 0.29) is 18.4 Å². The molecular weight excluding hydrogens is 277 g/mol. The molecule has 0 spiro atoms. The average Bonchev–Trinajstić information content (AvgIpc) is 2.98. The first-order chi connectivity index (χ1) is 9.66. The molecule has 0 aliphatic rings. The molecule has 0 aliphatic heterocycles. The van der Waals surface area contributed by atoms with Crippen LogP contribution in [-0.4, -0.2) is 24.4 Å². The van der Waals surface area contributed by atoms with Crippen LogP contribution < -0.4 is 10.1 Å². The van der Waals surface area contributed by atoms with Gasteiger partial charge in [0, 0.05) is 12.6 Å². The molecule has 0 saturated heterocycles. The zero-order chi connectivity index (χ0) is 14.4. The summed E-state index contributed by atoms with van der Waals surface area (Å²) in [6.07, 6.45) is -0.685. The minimum atomic E-state index is -0.685. The van der Waals surface area contributed by atoms with E-state index in [0.29, 0.717) is 6.54 Å². The van der Waals surface area contributed by atoms with Gasteiger partial charge in [-0.15, -0.1) is 0 Å². The topological polar surface area (TPSA) is 41.5 Å². The van der Waals surface area contributed by atoms with Gasteiger partial charge in [-0.3, -0.25) is 0 Å². The van der Waals surface area contributed by atoms with E-state index < -0.39 is 11.9 Å². The van der Waals surface area contributed by atoms with Gasteiger partial charge in [0.2, 0.25) is 0 Å². The predicted molar refractivity (Wildman–Crippen MR) is 78.6 cm³/mol. The van der Waals surface area contributed by atoms with Crippen LogP contribution in [0.15, 0.2) is 41.1 Å². The van der Waals surface area contributed by atoms with Crippen molar-refractivity contribution in [1.82, 2.24) is 5.32 Å². The molecule has 2 atom stereocenters. The quantitative estimate of drug-likeness (QED) is 0.825. The minimum Gasteiger partial charge on any atom is -0.488 e. The van der Waals surface area contributed by atoms with Crippen molar-refractivity contribution in [1.29, 1.82) is 0 Å². The fourth-order valence-corrected chi connectivity index (χ4v) is 2.51. The van der Waals surface area contributed by atoms with Crippen LogP contribution in [0.1, 0.15) is 18.5 Å². The molecule has 0 saturated carbocycles. The highest BCUT2D eigenvalue weighted by Gasteiger charge is 2.10. The summed E-state index contributed by atoms with van der Waals surface area (Å²) in [6.45, 7) is 2.49. The van der Waals surface area contributed by atoms with Gasteiger partial charge in [0.15, 0.2) is 11.6 Å². The Kier molecular flexibility index (Phi) is 5.52. The van der Waals surface area contributed by atoms with Gasteiger partial charge in [0.05, 0.1) is 0 Å². The lowest BCUT2D eigenvalue weighted by Gasteiger charge is -2.17. The Labute approximate surface area is 122 Å². The lowest BCUT2D eigenvalue weighted by molar-refractivity contribution is 0.102. The van der Waals surface area contributed by atoms with Crippen LogP contribution in [0.2, 0.25) is 0 Å². The molecule has 0 radical (unpaired) electrons. The first-order valence-corrected chi connectivity index (χ1v) is 7.42. The number of aliphatic hydroxyl groups is 1. The summed E-state index contributed by atoms with van der Waals surface area (Å²) in [4.78, 5) is 0.